The Bertz CT molecular complexity index is 3230. The lowest BCUT2D eigenvalue weighted by molar-refractivity contribution is 0.669. The fraction of sp³-hybridized carbons (Fsp3) is 0. The van der Waals surface area contributed by atoms with Crippen molar-refractivity contribution in [3.63, 3.8) is 0 Å². The van der Waals surface area contributed by atoms with Crippen LogP contribution in [-0.2, 0) is 0 Å². The second kappa shape index (κ2) is 10.2. The van der Waals surface area contributed by atoms with Gasteiger partial charge in [-0.05, 0) is 94.7 Å². The van der Waals surface area contributed by atoms with Crippen LogP contribution < -0.4 is 0 Å². The summed E-state index contributed by atoms with van der Waals surface area (Å²) in [7, 11) is 0. The van der Waals surface area contributed by atoms with Crippen LogP contribution >= 0.6 is 0 Å². The van der Waals surface area contributed by atoms with E-state index in [1.54, 1.807) is 0 Å². The third-order valence-corrected chi connectivity index (χ3v) is 9.30. The van der Waals surface area contributed by atoms with Crippen molar-refractivity contribution < 1.29 is 15.4 Å². The summed E-state index contributed by atoms with van der Waals surface area (Å²) < 4.78 is 79.3. The van der Waals surface area contributed by atoms with Crippen LogP contribution in [0.25, 0.3) is 98.4 Å². The minimum Gasteiger partial charge on any atom is -0.456 e. The third-order valence-electron chi connectivity index (χ3n) is 9.30. The first-order valence-electron chi connectivity index (χ1n) is 19.5. The topological polar surface area (TPSA) is 13.1 Å². The Morgan fingerprint density at radius 2 is 0.957 bits per heavy atom. The molecule has 0 aliphatic heterocycles. The first kappa shape index (κ1) is 19.4. The van der Waals surface area contributed by atoms with Crippen LogP contribution in [0.1, 0.15) is 11.0 Å². The van der Waals surface area contributed by atoms with Crippen molar-refractivity contribution in [3.05, 3.63) is 170 Å². The van der Waals surface area contributed by atoms with Crippen molar-refractivity contribution in [1.82, 2.24) is 0 Å². The largest absolute Gasteiger partial charge is 0.456 e. The molecule has 0 atom stereocenters. The van der Waals surface area contributed by atoms with Gasteiger partial charge in [-0.2, -0.15) is 0 Å². The molecule has 10 rings (SSSR count). The third kappa shape index (κ3) is 3.90. The highest BCUT2D eigenvalue weighted by atomic mass is 16.3. The molecule has 0 saturated heterocycles. The first-order valence-corrected chi connectivity index (χ1v) is 15.5. The van der Waals surface area contributed by atoms with Crippen molar-refractivity contribution >= 4 is 65.0 Å². The smallest absolute Gasteiger partial charge is 0.136 e. The molecule has 1 heteroatoms. The summed E-state index contributed by atoms with van der Waals surface area (Å²) in [5.41, 5.74) is 5.21. The summed E-state index contributed by atoms with van der Waals surface area (Å²) in [5, 5.41) is 6.17. The van der Waals surface area contributed by atoms with Crippen molar-refractivity contribution in [2.45, 2.75) is 0 Å². The number of benzene rings is 9. The molecule has 0 fully saturated rings. The van der Waals surface area contributed by atoms with Crippen LogP contribution in [0.5, 0.6) is 0 Å². The molecule has 9 aromatic carbocycles. The van der Waals surface area contributed by atoms with Gasteiger partial charge in [0.15, 0.2) is 0 Å². The SMILES string of the molecule is [2H]c1c([2H])c([2H])c2c(-c3ccc(-c4cccc5oc6ccccc6c45)c4ccccc34)c3c([2H])c([2H])c([2H])c([2H])c3c(-c3ccc4ccccc4c3)c2c1[2H]. The zero-order valence-electron chi connectivity index (χ0n) is 33.0. The molecule has 0 amide bonds. The highest BCUT2D eigenvalue weighted by Crippen LogP contribution is 2.47. The van der Waals surface area contributed by atoms with E-state index in [1.807, 2.05) is 115 Å². The van der Waals surface area contributed by atoms with E-state index in [9.17, 15) is 5.48 Å². The average molecular weight is 605 g/mol. The Labute approximate surface area is 283 Å². The van der Waals surface area contributed by atoms with E-state index in [2.05, 4.69) is 6.07 Å². The molecule has 0 N–H and O–H groups in total. The summed E-state index contributed by atoms with van der Waals surface area (Å²) in [6.45, 7) is 0. The highest BCUT2D eigenvalue weighted by molar-refractivity contribution is 6.25. The predicted octanol–water partition coefficient (Wildman–Crippen LogP) is 13.2. The van der Waals surface area contributed by atoms with Gasteiger partial charge in [-0.25, -0.2) is 0 Å². The van der Waals surface area contributed by atoms with Gasteiger partial charge in [-0.3, -0.25) is 0 Å². The molecule has 1 nitrogen and oxygen atoms in total. The van der Waals surface area contributed by atoms with E-state index >= 15 is 0 Å². The van der Waals surface area contributed by atoms with E-state index in [-0.39, 0.29) is 45.7 Å². The van der Waals surface area contributed by atoms with Crippen LogP contribution in [0.3, 0.4) is 0 Å². The van der Waals surface area contributed by atoms with E-state index in [1.165, 1.54) is 0 Å². The number of para-hydroxylation sites is 1. The molecule has 218 valence electrons. The summed E-state index contributed by atoms with van der Waals surface area (Å²) in [4.78, 5) is 0. The van der Waals surface area contributed by atoms with E-state index < -0.39 is 24.2 Å². The lowest BCUT2D eigenvalue weighted by Crippen LogP contribution is -1.92. The summed E-state index contributed by atoms with van der Waals surface area (Å²) in [5.74, 6) is 0. The molecule has 0 bridgehead atoms. The predicted molar refractivity (Wildman–Crippen MR) is 200 cm³/mol. The number of hydrogen-bond donors (Lipinski definition) is 0. The summed E-state index contributed by atoms with van der Waals surface area (Å²) in [6.07, 6.45) is 0. The second-order valence-electron chi connectivity index (χ2n) is 11.8. The Morgan fingerprint density at radius 1 is 0.383 bits per heavy atom. The lowest BCUT2D eigenvalue weighted by Gasteiger charge is -2.20. The van der Waals surface area contributed by atoms with Gasteiger partial charge in [0.1, 0.15) is 11.2 Å². The maximum atomic E-state index is 9.44. The molecule has 0 unspecified atom stereocenters. The zero-order valence-corrected chi connectivity index (χ0v) is 25.0. The van der Waals surface area contributed by atoms with Gasteiger partial charge < -0.3 is 4.42 Å². The summed E-state index contributed by atoms with van der Waals surface area (Å²) >= 11 is 0. The van der Waals surface area contributed by atoms with Crippen LogP contribution in [0.15, 0.2) is 174 Å². The molecule has 10 aromatic rings. The second-order valence-corrected chi connectivity index (χ2v) is 11.8. The van der Waals surface area contributed by atoms with Crippen LogP contribution in [0.4, 0.5) is 0 Å². The molecular weight excluding hydrogens is 569 g/mol. The molecule has 0 saturated carbocycles. The fourth-order valence-electron chi connectivity index (χ4n) is 7.28. The number of hydrogen-bond acceptors (Lipinski definition) is 1. The monoisotopic (exact) mass is 604 g/mol. The van der Waals surface area contributed by atoms with Crippen molar-refractivity contribution in [3.8, 4) is 33.4 Å². The Balaban J connectivity index is 1.41. The number of rotatable bonds is 3. The zero-order chi connectivity index (χ0) is 37.9. The van der Waals surface area contributed by atoms with Crippen LogP contribution in [0, 0.1) is 0 Å². The molecule has 47 heavy (non-hydrogen) atoms. The Morgan fingerprint density at radius 3 is 1.70 bits per heavy atom. The lowest BCUT2D eigenvalue weighted by atomic mass is 9.83. The van der Waals surface area contributed by atoms with Gasteiger partial charge in [0.05, 0.1) is 11.0 Å². The highest BCUT2D eigenvalue weighted by Gasteiger charge is 2.20. The molecule has 0 spiro atoms. The first-order chi connectivity index (χ1) is 26.7. The Hall–Kier alpha value is -6.18. The van der Waals surface area contributed by atoms with Gasteiger partial charge in [-0.15, -0.1) is 0 Å². The standard InChI is InChI=1S/C46H28O/c1-2-13-30-28-31(25-24-29(30)12-1)44-36-16-5-7-18-38(36)45(39-19-8-6-17-37(39)44)40-27-26-34(32-14-3-4-15-33(32)40)35-21-11-23-43-46(35)41-20-9-10-22-42(41)47-43/h1-28H/i5D,6D,7D,8D,16D,17D,18D,19D. The molecular formula is C46H28O. The minimum atomic E-state index is -0.428. The number of fused-ring (bicyclic) bond motifs is 7. The maximum Gasteiger partial charge on any atom is 0.136 e. The van der Waals surface area contributed by atoms with Gasteiger partial charge in [0.25, 0.3) is 0 Å². The molecule has 0 radical (unpaired) electrons. The van der Waals surface area contributed by atoms with E-state index in [4.69, 9.17) is 9.90 Å². The number of furan rings is 1. The van der Waals surface area contributed by atoms with Crippen molar-refractivity contribution in [2.24, 2.45) is 0 Å². The quantitative estimate of drug-likeness (QED) is 0.183. The van der Waals surface area contributed by atoms with Crippen molar-refractivity contribution in [1.29, 1.82) is 0 Å². The van der Waals surface area contributed by atoms with Crippen LogP contribution in [0.2, 0.25) is 0 Å². The van der Waals surface area contributed by atoms with Crippen molar-refractivity contribution in [2.75, 3.05) is 0 Å². The van der Waals surface area contributed by atoms with Gasteiger partial charge >= 0.3 is 0 Å². The van der Waals surface area contributed by atoms with Crippen LogP contribution in [-0.4, -0.2) is 0 Å². The van der Waals surface area contributed by atoms with Gasteiger partial charge in [0, 0.05) is 10.8 Å². The van der Waals surface area contributed by atoms with E-state index in [0.29, 0.717) is 22.3 Å². The van der Waals surface area contributed by atoms with Gasteiger partial charge in [0.2, 0.25) is 0 Å². The maximum absolute atomic E-state index is 9.44. The molecule has 1 heterocycles. The van der Waals surface area contributed by atoms with Gasteiger partial charge in [-0.1, -0.05) is 151 Å². The molecule has 0 aliphatic carbocycles. The molecule has 0 aliphatic rings. The Kier molecular flexibility index (Phi) is 4.19. The summed E-state index contributed by atoms with van der Waals surface area (Å²) in [6, 6.07) is 36.2. The average Bonchev–Trinajstić information content (AvgIpc) is 3.61. The normalized spacial score (nSPS) is 14.2. The minimum absolute atomic E-state index is 0.188. The molecule has 1 aromatic heterocycles. The fourth-order valence-corrected chi connectivity index (χ4v) is 7.28. The van der Waals surface area contributed by atoms with E-state index in [0.717, 1.165) is 54.6 Å².